The van der Waals surface area contributed by atoms with Crippen molar-refractivity contribution in [1.29, 1.82) is 0 Å². The number of hydrogen-bond donors (Lipinski definition) is 0. The molecule has 0 spiro atoms. The highest BCUT2D eigenvalue weighted by atomic mass is 19.3. The van der Waals surface area contributed by atoms with Crippen molar-refractivity contribution in [2.75, 3.05) is 0 Å². The zero-order valence-corrected chi connectivity index (χ0v) is 8.25. The Morgan fingerprint density at radius 3 is 2.47 bits per heavy atom. The van der Waals surface area contributed by atoms with E-state index in [0.717, 1.165) is 0 Å². The molecule has 2 rings (SSSR count). The summed E-state index contributed by atoms with van der Waals surface area (Å²) in [5, 5.41) is 0. The van der Waals surface area contributed by atoms with Crippen LogP contribution >= 0.6 is 0 Å². The number of benzene rings is 1. The molecule has 1 saturated carbocycles. The predicted octanol–water partition coefficient (Wildman–Crippen LogP) is 3.30. The number of Topliss-reactive ketones (excluding diaryl/α,β-unsaturated/α-hetero) is 1. The minimum Gasteiger partial charge on any atom is -0.294 e. The van der Waals surface area contributed by atoms with Gasteiger partial charge >= 0.3 is 0 Å². The van der Waals surface area contributed by atoms with Gasteiger partial charge in [-0.2, -0.15) is 0 Å². The fraction of sp³-hybridized carbons (Fsp3) is 0.417. The van der Waals surface area contributed by atoms with Gasteiger partial charge in [0.25, 0.3) is 0 Å². The van der Waals surface area contributed by atoms with Crippen LogP contribution in [0.1, 0.15) is 29.6 Å². The molecule has 0 saturated heterocycles. The van der Waals surface area contributed by atoms with Gasteiger partial charge in [-0.15, -0.1) is 0 Å². The second kappa shape index (κ2) is 3.72. The van der Waals surface area contributed by atoms with Crippen molar-refractivity contribution in [3.8, 4) is 0 Å². The van der Waals surface area contributed by atoms with Crippen LogP contribution in [0.2, 0.25) is 0 Å². The van der Waals surface area contributed by atoms with Crippen molar-refractivity contribution in [1.82, 2.24) is 0 Å². The van der Waals surface area contributed by atoms with Gasteiger partial charge in [0.05, 0.1) is 0 Å². The lowest BCUT2D eigenvalue weighted by molar-refractivity contribution is 0.00530. The zero-order valence-electron chi connectivity index (χ0n) is 8.25. The van der Waals surface area contributed by atoms with Crippen LogP contribution in [0.3, 0.4) is 0 Å². The van der Waals surface area contributed by atoms with Crippen LogP contribution in [-0.4, -0.2) is 11.7 Å². The Kier molecular flexibility index (Phi) is 2.55. The van der Waals surface area contributed by atoms with Crippen molar-refractivity contribution in [2.45, 2.75) is 25.2 Å². The van der Waals surface area contributed by atoms with Gasteiger partial charge in [-0.25, -0.2) is 8.78 Å². The molecule has 0 aromatic heterocycles. The van der Waals surface area contributed by atoms with Gasteiger partial charge in [0, 0.05) is 24.3 Å². The quantitative estimate of drug-likeness (QED) is 0.684. The number of halogens is 2. The van der Waals surface area contributed by atoms with Crippen molar-refractivity contribution in [2.24, 2.45) is 5.92 Å². The first-order chi connectivity index (χ1) is 7.08. The van der Waals surface area contributed by atoms with E-state index in [0.29, 0.717) is 12.0 Å². The highest BCUT2D eigenvalue weighted by Gasteiger charge is 2.42. The van der Waals surface area contributed by atoms with Crippen LogP contribution in [0, 0.1) is 5.92 Å². The van der Waals surface area contributed by atoms with Crippen molar-refractivity contribution < 1.29 is 13.6 Å². The number of alkyl halides is 2. The van der Waals surface area contributed by atoms with Gasteiger partial charge in [-0.1, -0.05) is 30.3 Å². The molecule has 1 fully saturated rings. The van der Waals surface area contributed by atoms with E-state index in [2.05, 4.69) is 0 Å². The molecule has 15 heavy (non-hydrogen) atoms. The van der Waals surface area contributed by atoms with Crippen LogP contribution in [0.4, 0.5) is 8.78 Å². The maximum absolute atomic E-state index is 12.9. The van der Waals surface area contributed by atoms with Crippen LogP contribution in [0.5, 0.6) is 0 Å². The summed E-state index contributed by atoms with van der Waals surface area (Å²) in [6.07, 6.45) is -0.141. The molecule has 1 unspecified atom stereocenters. The average molecular weight is 210 g/mol. The second-order valence-corrected chi connectivity index (χ2v) is 4.03. The number of carbonyl (C=O) groups is 1. The maximum atomic E-state index is 12.9. The minimum absolute atomic E-state index is 0.146. The van der Waals surface area contributed by atoms with Crippen LogP contribution in [0.15, 0.2) is 30.3 Å². The molecule has 1 aliphatic rings. The Hall–Kier alpha value is -1.25. The summed E-state index contributed by atoms with van der Waals surface area (Å²) in [4.78, 5) is 11.8. The fourth-order valence-electron chi connectivity index (χ4n) is 2.01. The van der Waals surface area contributed by atoms with Crippen molar-refractivity contribution in [3.05, 3.63) is 35.9 Å². The standard InChI is InChI=1S/C12H12F2O/c13-12(14)7-6-10(8-12)11(15)9-4-2-1-3-5-9/h1-5,10H,6-8H2. The molecular formula is C12H12F2O. The monoisotopic (exact) mass is 210 g/mol. The topological polar surface area (TPSA) is 17.1 Å². The Bertz CT molecular complexity index is 359. The molecule has 0 radical (unpaired) electrons. The summed E-state index contributed by atoms with van der Waals surface area (Å²) >= 11 is 0. The number of ketones is 1. The summed E-state index contributed by atoms with van der Waals surface area (Å²) in [5.41, 5.74) is 0.542. The fourth-order valence-corrected chi connectivity index (χ4v) is 2.01. The average Bonchev–Trinajstić information content (AvgIpc) is 2.59. The maximum Gasteiger partial charge on any atom is 0.248 e. The van der Waals surface area contributed by atoms with Gasteiger partial charge in [-0.3, -0.25) is 4.79 Å². The molecule has 1 atom stereocenters. The third kappa shape index (κ3) is 2.22. The van der Waals surface area contributed by atoms with E-state index in [4.69, 9.17) is 0 Å². The summed E-state index contributed by atoms with van der Waals surface area (Å²) in [6.45, 7) is 0. The van der Waals surface area contributed by atoms with E-state index < -0.39 is 11.8 Å². The predicted molar refractivity (Wildman–Crippen MR) is 53.1 cm³/mol. The van der Waals surface area contributed by atoms with Crippen LogP contribution in [0.25, 0.3) is 0 Å². The van der Waals surface area contributed by atoms with Gasteiger partial charge in [-0.05, 0) is 6.42 Å². The number of hydrogen-bond acceptors (Lipinski definition) is 1. The highest BCUT2D eigenvalue weighted by molar-refractivity contribution is 5.98. The molecule has 3 heteroatoms. The van der Waals surface area contributed by atoms with Gasteiger partial charge in [0.15, 0.2) is 5.78 Å². The number of carbonyl (C=O) groups excluding carboxylic acids is 1. The third-order valence-corrected chi connectivity index (χ3v) is 2.83. The van der Waals surface area contributed by atoms with E-state index >= 15 is 0 Å². The Labute approximate surface area is 87.1 Å². The largest absolute Gasteiger partial charge is 0.294 e. The number of rotatable bonds is 2. The molecule has 0 N–H and O–H groups in total. The molecule has 0 heterocycles. The molecular weight excluding hydrogens is 198 g/mol. The van der Waals surface area contributed by atoms with Gasteiger partial charge in [0.1, 0.15) is 0 Å². The first-order valence-corrected chi connectivity index (χ1v) is 5.06. The van der Waals surface area contributed by atoms with E-state index in [1.807, 2.05) is 0 Å². The summed E-state index contributed by atoms with van der Waals surface area (Å²) in [7, 11) is 0. The molecule has 1 aromatic carbocycles. The van der Waals surface area contributed by atoms with E-state index in [9.17, 15) is 13.6 Å². The van der Waals surface area contributed by atoms with E-state index in [1.165, 1.54) is 0 Å². The first-order valence-electron chi connectivity index (χ1n) is 5.06. The molecule has 0 aliphatic heterocycles. The van der Waals surface area contributed by atoms with Crippen LogP contribution < -0.4 is 0 Å². The lowest BCUT2D eigenvalue weighted by atomic mass is 9.96. The van der Waals surface area contributed by atoms with Crippen LogP contribution in [-0.2, 0) is 0 Å². The van der Waals surface area contributed by atoms with Gasteiger partial charge in [0.2, 0.25) is 5.92 Å². The second-order valence-electron chi connectivity index (χ2n) is 4.03. The Morgan fingerprint density at radius 2 is 1.93 bits per heavy atom. The Balaban J connectivity index is 2.11. The minimum atomic E-state index is -2.64. The molecule has 0 bridgehead atoms. The highest BCUT2D eigenvalue weighted by Crippen LogP contribution is 2.40. The summed E-state index contributed by atoms with van der Waals surface area (Å²) in [6, 6.07) is 8.66. The molecule has 0 amide bonds. The SMILES string of the molecule is O=C(c1ccccc1)C1CCC(F)(F)C1. The normalized spacial score (nSPS) is 24.0. The van der Waals surface area contributed by atoms with Crippen molar-refractivity contribution in [3.63, 3.8) is 0 Å². The lowest BCUT2D eigenvalue weighted by Crippen LogP contribution is -2.15. The summed E-state index contributed by atoms with van der Waals surface area (Å²) < 4.78 is 25.8. The summed E-state index contributed by atoms with van der Waals surface area (Å²) in [5.74, 6) is -3.29. The third-order valence-electron chi connectivity index (χ3n) is 2.83. The molecule has 80 valence electrons. The lowest BCUT2D eigenvalue weighted by Gasteiger charge is -2.09. The van der Waals surface area contributed by atoms with E-state index in [-0.39, 0.29) is 18.6 Å². The van der Waals surface area contributed by atoms with Gasteiger partial charge < -0.3 is 0 Å². The Morgan fingerprint density at radius 1 is 1.27 bits per heavy atom. The molecule has 1 aliphatic carbocycles. The van der Waals surface area contributed by atoms with E-state index in [1.54, 1.807) is 30.3 Å². The smallest absolute Gasteiger partial charge is 0.248 e. The molecule has 1 aromatic rings. The molecule has 1 nitrogen and oxygen atoms in total. The van der Waals surface area contributed by atoms with Crippen molar-refractivity contribution >= 4 is 5.78 Å². The zero-order chi connectivity index (χ0) is 10.9. The first kappa shape index (κ1) is 10.3.